The standard InChI is InChI=1S/C11H19NO.CH4O/c1-3-5-10(4-2)11(13)6-8-12-9-7-11;1-2/h3-5,12-13H,6-9H2,1-2H3;2H,1H3/b5-3-,10-4+;. The Morgan fingerprint density at radius 1 is 1.20 bits per heavy atom. The van der Waals surface area contributed by atoms with Crippen LogP contribution in [0.5, 0.6) is 0 Å². The molecule has 88 valence electrons. The summed E-state index contributed by atoms with van der Waals surface area (Å²) in [5.74, 6) is 0. The van der Waals surface area contributed by atoms with E-state index in [-0.39, 0.29) is 0 Å². The molecule has 1 aliphatic rings. The van der Waals surface area contributed by atoms with Crippen LogP contribution in [0.25, 0.3) is 0 Å². The van der Waals surface area contributed by atoms with Crippen LogP contribution in [0.15, 0.2) is 23.8 Å². The van der Waals surface area contributed by atoms with E-state index in [2.05, 4.69) is 5.32 Å². The fraction of sp³-hybridized carbons (Fsp3) is 0.667. The molecular formula is C12H23NO2. The van der Waals surface area contributed by atoms with Gasteiger partial charge in [0.2, 0.25) is 0 Å². The van der Waals surface area contributed by atoms with Crippen LogP contribution in [0.4, 0.5) is 0 Å². The summed E-state index contributed by atoms with van der Waals surface area (Å²) in [6.45, 7) is 5.78. The Morgan fingerprint density at radius 2 is 1.73 bits per heavy atom. The lowest BCUT2D eigenvalue weighted by molar-refractivity contribution is 0.0495. The summed E-state index contributed by atoms with van der Waals surface area (Å²) in [6, 6.07) is 0. The molecule has 0 aliphatic carbocycles. The van der Waals surface area contributed by atoms with Gasteiger partial charge < -0.3 is 15.5 Å². The zero-order valence-corrected chi connectivity index (χ0v) is 9.95. The quantitative estimate of drug-likeness (QED) is 0.605. The zero-order chi connectivity index (χ0) is 11.7. The largest absolute Gasteiger partial charge is 0.400 e. The number of aliphatic hydroxyl groups excluding tert-OH is 1. The fourth-order valence-electron chi connectivity index (χ4n) is 1.83. The van der Waals surface area contributed by atoms with E-state index in [0.717, 1.165) is 38.6 Å². The molecule has 0 radical (unpaired) electrons. The molecule has 3 heteroatoms. The molecule has 3 N–H and O–H groups in total. The van der Waals surface area contributed by atoms with Gasteiger partial charge in [-0.1, -0.05) is 18.2 Å². The van der Waals surface area contributed by atoms with Crippen molar-refractivity contribution in [1.82, 2.24) is 5.32 Å². The highest BCUT2D eigenvalue weighted by Gasteiger charge is 2.31. The molecule has 1 fully saturated rings. The average molecular weight is 213 g/mol. The Balaban J connectivity index is 0.000000921. The summed E-state index contributed by atoms with van der Waals surface area (Å²) >= 11 is 0. The number of aliphatic hydroxyl groups is 2. The molecule has 1 saturated heterocycles. The summed E-state index contributed by atoms with van der Waals surface area (Å²) in [5.41, 5.74) is 0.462. The number of rotatable bonds is 2. The van der Waals surface area contributed by atoms with Crippen LogP contribution in [0, 0.1) is 0 Å². The van der Waals surface area contributed by atoms with E-state index in [1.54, 1.807) is 0 Å². The molecule has 0 amide bonds. The lowest BCUT2D eigenvalue weighted by atomic mass is 9.84. The molecule has 0 bridgehead atoms. The van der Waals surface area contributed by atoms with Crippen molar-refractivity contribution in [3.8, 4) is 0 Å². The van der Waals surface area contributed by atoms with Gasteiger partial charge in [0, 0.05) is 7.11 Å². The summed E-state index contributed by atoms with van der Waals surface area (Å²) in [4.78, 5) is 0. The monoisotopic (exact) mass is 213 g/mol. The minimum absolute atomic E-state index is 0.591. The third-order valence-electron chi connectivity index (χ3n) is 2.63. The van der Waals surface area contributed by atoms with Crippen LogP contribution in [0.2, 0.25) is 0 Å². The van der Waals surface area contributed by atoms with Crippen molar-refractivity contribution in [3.63, 3.8) is 0 Å². The molecule has 0 aromatic heterocycles. The number of nitrogens with one attached hydrogen (secondary N) is 1. The van der Waals surface area contributed by atoms with Gasteiger partial charge in [-0.3, -0.25) is 0 Å². The highest BCUT2D eigenvalue weighted by molar-refractivity contribution is 5.28. The van der Waals surface area contributed by atoms with Crippen molar-refractivity contribution >= 4 is 0 Å². The van der Waals surface area contributed by atoms with Crippen LogP contribution in [-0.2, 0) is 0 Å². The van der Waals surface area contributed by atoms with E-state index in [0.29, 0.717) is 0 Å². The van der Waals surface area contributed by atoms with E-state index >= 15 is 0 Å². The molecule has 0 saturated carbocycles. The van der Waals surface area contributed by atoms with Gasteiger partial charge in [0.15, 0.2) is 0 Å². The maximum Gasteiger partial charge on any atom is 0.0917 e. The fourth-order valence-corrected chi connectivity index (χ4v) is 1.83. The van der Waals surface area contributed by atoms with Crippen molar-refractivity contribution in [1.29, 1.82) is 0 Å². The maximum atomic E-state index is 10.3. The molecular weight excluding hydrogens is 190 g/mol. The van der Waals surface area contributed by atoms with E-state index in [1.807, 2.05) is 32.1 Å². The van der Waals surface area contributed by atoms with Crippen LogP contribution in [0.3, 0.4) is 0 Å². The Hall–Kier alpha value is -0.640. The number of piperidine rings is 1. The second-order valence-corrected chi connectivity index (χ2v) is 3.53. The van der Waals surface area contributed by atoms with Gasteiger partial charge in [0.1, 0.15) is 0 Å². The van der Waals surface area contributed by atoms with E-state index in [9.17, 15) is 5.11 Å². The highest BCUT2D eigenvalue weighted by Crippen LogP contribution is 2.27. The predicted molar refractivity (Wildman–Crippen MR) is 63.8 cm³/mol. The molecule has 1 heterocycles. The van der Waals surface area contributed by atoms with Gasteiger partial charge >= 0.3 is 0 Å². The van der Waals surface area contributed by atoms with E-state index < -0.39 is 5.60 Å². The molecule has 0 aromatic carbocycles. The van der Waals surface area contributed by atoms with E-state index in [1.165, 1.54) is 0 Å². The highest BCUT2D eigenvalue weighted by atomic mass is 16.3. The SMILES string of the molecule is C/C=C\C(=C/C)C1(O)CCNCC1.CO. The van der Waals surface area contributed by atoms with Gasteiger partial charge in [-0.25, -0.2) is 0 Å². The minimum Gasteiger partial charge on any atom is -0.400 e. The molecule has 0 atom stereocenters. The second-order valence-electron chi connectivity index (χ2n) is 3.53. The summed E-state index contributed by atoms with van der Waals surface area (Å²) < 4.78 is 0. The zero-order valence-electron chi connectivity index (χ0n) is 9.95. The van der Waals surface area contributed by atoms with Crippen molar-refractivity contribution < 1.29 is 10.2 Å². The van der Waals surface area contributed by atoms with Gasteiger partial charge in [-0.15, -0.1) is 0 Å². The van der Waals surface area contributed by atoms with E-state index in [4.69, 9.17) is 5.11 Å². The lowest BCUT2D eigenvalue weighted by Gasteiger charge is -2.33. The molecule has 0 aromatic rings. The maximum absolute atomic E-state index is 10.3. The Labute approximate surface area is 92.5 Å². The summed E-state index contributed by atoms with van der Waals surface area (Å²) in [7, 11) is 1.00. The first-order valence-electron chi connectivity index (χ1n) is 5.40. The number of allylic oxidation sites excluding steroid dienone is 2. The van der Waals surface area contributed by atoms with Crippen LogP contribution in [-0.4, -0.2) is 36.0 Å². The molecule has 15 heavy (non-hydrogen) atoms. The molecule has 0 spiro atoms. The molecule has 3 nitrogen and oxygen atoms in total. The summed E-state index contributed by atoms with van der Waals surface area (Å²) in [5, 5.41) is 20.6. The Kier molecular flexibility index (Phi) is 7.30. The first-order valence-corrected chi connectivity index (χ1v) is 5.40. The van der Waals surface area contributed by atoms with Gasteiger partial charge in [0.05, 0.1) is 5.60 Å². The third kappa shape index (κ3) is 4.16. The average Bonchev–Trinajstić information content (AvgIpc) is 2.29. The van der Waals surface area contributed by atoms with Crippen LogP contribution in [0.1, 0.15) is 26.7 Å². The smallest absolute Gasteiger partial charge is 0.0917 e. The number of hydrogen-bond acceptors (Lipinski definition) is 3. The summed E-state index contributed by atoms with van der Waals surface area (Å²) in [6.07, 6.45) is 7.63. The van der Waals surface area contributed by atoms with Gasteiger partial charge in [0.25, 0.3) is 0 Å². The first kappa shape index (κ1) is 14.4. The third-order valence-corrected chi connectivity index (χ3v) is 2.63. The lowest BCUT2D eigenvalue weighted by Crippen LogP contribution is -2.42. The van der Waals surface area contributed by atoms with Crippen molar-refractivity contribution in [2.75, 3.05) is 20.2 Å². The predicted octanol–water partition coefficient (Wildman–Crippen LogP) is 1.23. The molecule has 1 aliphatic heterocycles. The molecule has 0 unspecified atom stereocenters. The van der Waals surface area contributed by atoms with Crippen LogP contribution >= 0.6 is 0 Å². The van der Waals surface area contributed by atoms with Crippen molar-refractivity contribution in [3.05, 3.63) is 23.8 Å². The normalized spacial score (nSPS) is 21.0. The second kappa shape index (κ2) is 7.63. The van der Waals surface area contributed by atoms with Gasteiger partial charge in [-0.2, -0.15) is 0 Å². The Morgan fingerprint density at radius 3 is 2.13 bits per heavy atom. The van der Waals surface area contributed by atoms with Crippen molar-refractivity contribution in [2.24, 2.45) is 0 Å². The topological polar surface area (TPSA) is 52.5 Å². The van der Waals surface area contributed by atoms with Gasteiger partial charge in [-0.05, 0) is 45.4 Å². The number of hydrogen-bond donors (Lipinski definition) is 3. The Bertz CT molecular complexity index is 216. The first-order chi connectivity index (χ1) is 7.23. The molecule has 1 rings (SSSR count). The van der Waals surface area contributed by atoms with Crippen molar-refractivity contribution in [2.45, 2.75) is 32.3 Å². The van der Waals surface area contributed by atoms with Crippen LogP contribution < -0.4 is 5.32 Å². The minimum atomic E-state index is -0.591.